The van der Waals surface area contributed by atoms with Gasteiger partial charge in [0.15, 0.2) is 6.61 Å². The zero-order valence-electron chi connectivity index (χ0n) is 13.4. The number of hydrogen-bond acceptors (Lipinski definition) is 5. The number of hydrogen-bond donors (Lipinski definition) is 0. The molecule has 3 rings (SSSR count). The van der Waals surface area contributed by atoms with Gasteiger partial charge in [-0.15, -0.1) is 0 Å². The quantitative estimate of drug-likeness (QED) is 0.427. The molecule has 3 aromatic rings. The van der Waals surface area contributed by atoms with Crippen LogP contribution in [0.25, 0.3) is 5.65 Å². The van der Waals surface area contributed by atoms with Crippen molar-refractivity contribution in [3.63, 3.8) is 0 Å². The summed E-state index contributed by atoms with van der Waals surface area (Å²) in [5, 5.41) is 1.13. The Morgan fingerprint density at radius 2 is 1.78 bits per heavy atom. The smallest absolute Gasteiger partial charge is 0.344 e. The van der Waals surface area contributed by atoms with Gasteiger partial charge in [0, 0.05) is 18.3 Å². The highest BCUT2D eigenvalue weighted by molar-refractivity contribution is 6.43. The molecule has 0 saturated carbocycles. The van der Waals surface area contributed by atoms with Crippen LogP contribution in [-0.4, -0.2) is 22.0 Å². The number of esters is 1. The summed E-state index contributed by atoms with van der Waals surface area (Å²) in [6.07, 6.45) is 1.46. The summed E-state index contributed by atoms with van der Waals surface area (Å²) in [5.74, 6) is -0.475. The van der Waals surface area contributed by atoms with Crippen LogP contribution in [0.2, 0.25) is 20.1 Å². The Hall–Kier alpha value is -1.99. The highest BCUT2D eigenvalue weighted by Gasteiger charge is 2.11. The first kappa shape index (κ1) is 19.8. The van der Waals surface area contributed by atoms with E-state index in [0.717, 1.165) is 0 Å². The number of benzene rings is 1. The lowest BCUT2D eigenvalue weighted by atomic mass is 10.3. The maximum atomic E-state index is 12.1. The number of ether oxygens (including phenoxy) is 2. The third-order valence-electron chi connectivity index (χ3n) is 3.38. The van der Waals surface area contributed by atoms with Crippen molar-refractivity contribution in [1.82, 2.24) is 9.38 Å². The van der Waals surface area contributed by atoms with Crippen molar-refractivity contribution in [2.75, 3.05) is 6.61 Å². The van der Waals surface area contributed by atoms with Gasteiger partial charge in [0.05, 0.1) is 25.8 Å². The second-order valence-electron chi connectivity index (χ2n) is 5.31. The molecule has 0 radical (unpaired) electrons. The van der Waals surface area contributed by atoms with E-state index in [0.29, 0.717) is 16.4 Å². The first-order valence-corrected chi connectivity index (χ1v) is 8.95. The number of halogens is 4. The van der Waals surface area contributed by atoms with Crippen LogP contribution in [0.3, 0.4) is 0 Å². The van der Waals surface area contributed by atoms with E-state index in [1.165, 1.54) is 28.8 Å². The summed E-state index contributed by atoms with van der Waals surface area (Å²) in [6.45, 7) is -0.592. The highest BCUT2D eigenvalue weighted by atomic mass is 35.5. The van der Waals surface area contributed by atoms with E-state index in [4.69, 9.17) is 55.9 Å². The minimum atomic E-state index is -0.671. The Bertz CT molecular complexity index is 1080. The monoisotopic (exact) mass is 446 g/mol. The summed E-state index contributed by atoms with van der Waals surface area (Å²) >= 11 is 23.5. The van der Waals surface area contributed by atoms with Crippen molar-refractivity contribution < 1.29 is 14.3 Å². The average Bonchev–Trinajstić information content (AvgIpc) is 2.62. The normalized spacial score (nSPS) is 10.8. The molecule has 0 saturated heterocycles. The molecular formula is C17H10Cl4N2O4. The molecule has 0 aliphatic heterocycles. The zero-order chi connectivity index (χ0) is 19.6. The summed E-state index contributed by atoms with van der Waals surface area (Å²) in [6, 6.07) is 7.26. The van der Waals surface area contributed by atoms with Gasteiger partial charge in [-0.25, -0.2) is 9.78 Å². The summed E-state index contributed by atoms with van der Waals surface area (Å²) in [4.78, 5) is 28.2. The number of pyridine rings is 1. The van der Waals surface area contributed by atoms with Gasteiger partial charge in [0.25, 0.3) is 5.56 Å². The number of aromatic nitrogens is 2. The van der Waals surface area contributed by atoms with E-state index in [9.17, 15) is 9.59 Å². The topological polar surface area (TPSA) is 69.9 Å². The number of carbonyl (C=O) groups is 1. The van der Waals surface area contributed by atoms with Crippen LogP contribution in [0.1, 0.15) is 5.69 Å². The minimum absolute atomic E-state index is 0.189. The predicted molar refractivity (Wildman–Crippen MR) is 103 cm³/mol. The number of carbonyl (C=O) groups excluding carboxylic acids is 1. The summed E-state index contributed by atoms with van der Waals surface area (Å²) < 4.78 is 11.6. The SMILES string of the molecule is O=C(COc1cc(Cl)c(Cl)cc1Cl)OCc1cc(=O)n2cc(Cl)ccc2n1. The summed E-state index contributed by atoms with van der Waals surface area (Å²) in [5.41, 5.74) is 0.340. The van der Waals surface area contributed by atoms with Crippen molar-refractivity contribution in [3.05, 3.63) is 72.7 Å². The molecule has 1 aromatic carbocycles. The fourth-order valence-corrected chi connectivity index (χ4v) is 2.90. The number of rotatable bonds is 5. The van der Waals surface area contributed by atoms with Crippen LogP contribution in [0.15, 0.2) is 41.3 Å². The second kappa shape index (κ2) is 8.35. The molecule has 0 N–H and O–H groups in total. The Kier molecular flexibility index (Phi) is 6.11. The molecule has 0 aliphatic carbocycles. The fraction of sp³-hybridized carbons (Fsp3) is 0.118. The van der Waals surface area contributed by atoms with Gasteiger partial charge >= 0.3 is 5.97 Å². The standard InChI is InChI=1S/C17H10Cl4N2O4/c18-9-1-2-15-22-10(3-16(24)23(15)6-9)7-27-17(25)8-26-14-5-12(20)11(19)4-13(14)21/h1-6H,7-8H2. The van der Waals surface area contributed by atoms with Crippen molar-refractivity contribution in [1.29, 1.82) is 0 Å². The van der Waals surface area contributed by atoms with Crippen LogP contribution in [-0.2, 0) is 16.1 Å². The third-order valence-corrected chi connectivity index (χ3v) is 4.62. The number of fused-ring (bicyclic) bond motifs is 1. The van der Waals surface area contributed by atoms with Crippen molar-refractivity contribution in [2.24, 2.45) is 0 Å². The molecule has 2 heterocycles. The summed E-state index contributed by atoms with van der Waals surface area (Å²) in [7, 11) is 0. The minimum Gasteiger partial charge on any atom is -0.480 e. The van der Waals surface area contributed by atoms with Gasteiger partial charge in [-0.3, -0.25) is 9.20 Å². The van der Waals surface area contributed by atoms with Gasteiger partial charge in [-0.2, -0.15) is 0 Å². The Morgan fingerprint density at radius 1 is 1.04 bits per heavy atom. The van der Waals surface area contributed by atoms with Gasteiger partial charge in [-0.1, -0.05) is 46.4 Å². The lowest BCUT2D eigenvalue weighted by Gasteiger charge is -2.09. The van der Waals surface area contributed by atoms with Crippen molar-refractivity contribution in [2.45, 2.75) is 6.61 Å². The van der Waals surface area contributed by atoms with Gasteiger partial charge in [0.2, 0.25) is 0 Å². The van der Waals surface area contributed by atoms with Gasteiger partial charge < -0.3 is 9.47 Å². The molecule has 0 bridgehead atoms. The molecule has 27 heavy (non-hydrogen) atoms. The lowest BCUT2D eigenvalue weighted by molar-refractivity contribution is -0.147. The molecular weight excluding hydrogens is 438 g/mol. The average molecular weight is 448 g/mol. The van der Waals surface area contributed by atoms with Crippen LogP contribution >= 0.6 is 46.4 Å². The first-order chi connectivity index (χ1) is 12.8. The van der Waals surface area contributed by atoms with Crippen molar-refractivity contribution in [3.8, 4) is 5.75 Å². The van der Waals surface area contributed by atoms with E-state index in [-0.39, 0.29) is 33.0 Å². The van der Waals surface area contributed by atoms with E-state index in [1.54, 1.807) is 12.1 Å². The molecule has 0 amide bonds. The molecule has 0 aliphatic rings. The number of nitrogens with zero attached hydrogens (tertiary/aromatic N) is 2. The molecule has 10 heteroatoms. The largest absolute Gasteiger partial charge is 0.480 e. The van der Waals surface area contributed by atoms with Crippen LogP contribution < -0.4 is 10.3 Å². The van der Waals surface area contributed by atoms with E-state index < -0.39 is 12.6 Å². The Labute approximate surface area is 173 Å². The van der Waals surface area contributed by atoms with Crippen LogP contribution in [0, 0.1) is 0 Å². The van der Waals surface area contributed by atoms with E-state index >= 15 is 0 Å². The highest BCUT2D eigenvalue weighted by Crippen LogP contribution is 2.33. The Balaban J connectivity index is 1.63. The zero-order valence-corrected chi connectivity index (χ0v) is 16.4. The molecule has 0 unspecified atom stereocenters. The van der Waals surface area contributed by atoms with Gasteiger partial charge in [0.1, 0.15) is 18.0 Å². The predicted octanol–water partition coefficient (Wildman–Crippen LogP) is 4.43. The van der Waals surface area contributed by atoms with E-state index in [1.807, 2.05) is 0 Å². The van der Waals surface area contributed by atoms with E-state index in [2.05, 4.69) is 4.98 Å². The lowest BCUT2D eigenvalue weighted by Crippen LogP contribution is -2.18. The molecule has 0 fully saturated rings. The first-order valence-electron chi connectivity index (χ1n) is 7.44. The van der Waals surface area contributed by atoms with Crippen LogP contribution in [0.4, 0.5) is 0 Å². The van der Waals surface area contributed by atoms with Crippen LogP contribution in [0.5, 0.6) is 5.75 Å². The Morgan fingerprint density at radius 3 is 2.56 bits per heavy atom. The fourth-order valence-electron chi connectivity index (χ4n) is 2.15. The molecule has 140 valence electrons. The molecule has 2 aromatic heterocycles. The molecule has 0 spiro atoms. The second-order valence-corrected chi connectivity index (χ2v) is 6.97. The third kappa shape index (κ3) is 4.84. The maximum Gasteiger partial charge on any atom is 0.344 e. The molecule has 0 atom stereocenters. The van der Waals surface area contributed by atoms with Gasteiger partial charge in [-0.05, 0) is 18.2 Å². The maximum absolute atomic E-state index is 12.1. The molecule has 6 nitrogen and oxygen atoms in total. The van der Waals surface area contributed by atoms with Crippen molar-refractivity contribution >= 4 is 58.0 Å².